The Morgan fingerprint density at radius 1 is 0.900 bits per heavy atom. The minimum Gasteiger partial charge on any atom is -0.487 e. The van der Waals surface area contributed by atoms with Crippen molar-refractivity contribution >= 4 is 6.47 Å². The number of rotatable bonds is 2. The third-order valence-electron chi connectivity index (χ3n) is 2.65. The van der Waals surface area contributed by atoms with Gasteiger partial charge in [0.05, 0.1) is 13.2 Å². The molecule has 0 spiro atoms. The van der Waals surface area contributed by atoms with Crippen LogP contribution in [-0.4, -0.2) is 46.1 Å². The lowest BCUT2D eigenvalue weighted by Gasteiger charge is -2.13. The van der Waals surface area contributed by atoms with Gasteiger partial charge in [-0.05, 0) is 18.6 Å². The second kappa shape index (κ2) is 8.39. The molecule has 0 radical (unpaired) electrons. The van der Waals surface area contributed by atoms with E-state index in [1.807, 2.05) is 0 Å². The molecular weight excluding hydrogens is 264 g/mol. The zero-order chi connectivity index (χ0) is 14.0. The van der Waals surface area contributed by atoms with E-state index in [1.54, 1.807) is 18.2 Å². The second-order valence-corrected chi connectivity index (χ2v) is 4.10. The van der Waals surface area contributed by atoms with Crippen LogP contribution in [0, 0.1) is 0 Å². The average Bonchev–Trinajstić information content (AvgIpc) is 2.48. The zero-order valence-corrected chi connectivity index (χ0v) is 11.2. The van der Waals surface area contributed by atoms with Gasteiger partial charge in [-0.1, -0.05) is 0 Å². The average molecular weight is 282 g/mol. The summed E-state index contributed by atoms with van der Waals surface area (Å²) in [6.45, 7) is 3.50. The fourth-order valence-corrected chi connectivity index (χ4v) is 1.74. The Labute approximate surface area is 117 Å². The molecule has 0 amide bonds. The van der Waals surface area contributed by atoms with Crippen molar-refractivity contribution < 1.29 is 28.5 Å². The Bertz CT molecular complexity index is 420. The lowest BCUT2D eigenvalue weighted by atomic mass is 10.3. The molecule has 6 heteroatoms. The van der Waals surface area contributed by atoms with Crippen molar-refractivity contribution in [2.24, 2.45) is 0 Å². The number of hydrogen-bond acceptors (Lipinski definition) is 6. The molecule has 1 aromatic carbocycles. The first-order chi connectivity index (χ1) is 9.90. The summed E-state index contributed by atoms with van der Waals surface area (Å²) in [5, 5.41) is 0. The van der Waals surface area contributed by atoms with Crippen LogP contribution >= 0.6 is 0 Å². The molecule has 1 heterocycles. The molecule has 1 aromatic rings. The predicted molar refractivity (Wildman–Crippen MR) is 70.4 cm³/mol. The first-order valence-corrected chi connectivity index (χ1v) is 6.55. The number of hydrogen-bond donors (Lipinski definition) is 0. The monoisotopic (exact) mass is 282 g/mol. The third-order valence-corrected chi connectivity index (χ3v) is 2.65. The number of fused-ring (bicyclic) bond motifs is 1. The highest BCUT2D eigenvalue weighted by Gasteiger charge is 2.08. The molecule has 0 N–H and O–H groups in total. The van der Waals surface area contributed by atoms with Gasteiger partial charge in [0.15, 0.2) is 11.5 Å². The molecule has 0 fully saturated rings. The summed E-state index contributed by atoms with van der Waals surface area (Å²) in [5.74, 6) is 1.52. The van der Waals surface area contributed by atoms with Gasteiger partial charge in [0.2, 0.25) is 0 Å². The predicted octanol–water partition coefficient (Wildman–Crippen LogP) is 1.42. The summed E-state index contributed by atoms with van der Waals surface area (Å²) >= 11 is 0. The highest BCUT2D eigenvalue weighted by Crippen LogP contribution is 2.31. The van der Waals surface area contributed by atoms with Gasteiger partial charge in [0.25, 0.3) is 6.47 Å². The molecule has 0 bridgehead atoms. The summed E-state index contributed by atoms with van der Waals surface area (Å²) in [6.07, 6.45) is 0.851. The minimum absolute atomic E-state index is 0.374. The van der Waals surface area contributed by atoms with E-state index in [4.69, 9.17) is 23.7 Å². The van der Waals surface area contributed by atoms with Crippen LogP contribution in [0.4, 0.5) is 0 Å². The fourth-order valence-electron chi connectivity index (χ4n) is 1.74. The molecule has 20 heavy (non-hydrogen) atoms. The summed E-state index contributed by atoms with van der Waals surface area (Å²) in [7, 11) is 0. The van der Waals surface area contributed by atoms with Crippen molar-refractivity contribution in [2.45, 2.75) is 6.42 Å². The van der Waals surface area contributed by atoms with Crippen LogP contribution in [0.5, 0.6) is 17.2 Å². The molecule has 0 saturated heterocycles. The van der Waals surface area contributed by atoms with Gasteiger partial charge in [0.1, 0.15) is 19.0 Å². The molecule has 6 nitrogen and oxygen atoms in total. The van der Waals surface area contributed by atoms with Crippen LogP contribution in [0.1, 0.15) is 6.42 Å². The van der Waals surface area contributed by atoms with E-state index in [1.165, 1.54) is 0 Å². The van der Waals surface area contributed by atoms with Crippen molar-refractivity contribution in [1.82, 2.24) is 0 Å². The maximum Gasteiger partial charge on any atom is 0.298 e. The van der Waals surface area contributed by atoms with Gasteiger partial charge in [0, 0.05) is 19.3 Å². The smallest absolute Gasteiger partial charge is 0.298 e. The highest BCUT2D eigenvalue weighted by atomic mass is 16.6. The molecule has 0 atom stereocenters. The van der Waals surface area contributed by atoms with Crippen molar-refractivity contribution in [3.05, 3.63) is 18.2 Å². The summed E-state index contributed by atoms with van der Waals surface area (Å²) in [6, 6.07) is 4.96. The Kier molecular flexibility index (Phi) is 6.13. The van der Waals surface area contributed by atoms with Crippen molar-refractivity contribution in [2.75, 3.05) is 39.6 Å². The number of benzene rings is 1. The molecule has 110 valence electrons. The van der Waals surface area contributed by atoms with Crippen LogP contribution in [0.2, 0.25) is 0 Å². The van der Waals surface area contributed by atoms with Gasteiger partial charge in [-0.3, -0.25) is 4.79 Å². The fraction of sp³-hybridized carbons (Fsp3) is 0.500. The van der Waals surface area contributed by atoms with E-state index < -0.39 is 0 Å². The Hall–Kier alpha value is -1.79. The summed E-state index contributed by atoms with van der Waals surface area (Å²) < 4.78 is 26.8. The van der Waals surface area contributed by atoms with Crippen LogP contribution < -0.4 is 14.2 Å². The van der Waals surface area contributed by atoms with Crippen LogP contribution in [-0.2, 0) is 14.3 Å². The van der Waals surface area contributed by atoms with Gasteiger partial charge >= 0.3 is 0 Å². The third kappa shape index (κ3) is 4.71. The van der Waals surface area contributed by atoms with E-state index in [-0.39, 0.29) is 0 Å². The summed E-state index contributed by atoms with van der Waals surface area (Å²) in [4.78, 5) is 10.4. The van der Waals surface area contributed by atoms with Gasteiger partial charge in [-0.15, -0.1) is 0 Å². The molecule has 0 unspecified atom stereocenters. The topological polar surface area (TPSA) is 63.2 Å². The Morgan fingerprint density at radius 2 is 1.60 bits per heavy atom. The maximum atomic E-state index is 10.4. The molecule has 1 aliphatic rings. The van der Waals surface area contributed by atoms with Gasteiger partial charge in [-0.25, -0.2) is 0 Å². The Balaban J connectivity index is 2.05. The van der Waals surface area contributed by atoms with E-state index in [9.17, 15) is 4.79 Å². The number of carbonyl (C=O) groups is 1. The zero-order valence-electron chi connectivity index (χ0n) is 11.2. The molecule has 0 aromatic heterocycles. The summed E-state index contributed by atoms with van der Waals surface area (Å²) in [5.41, 5.74) is 0. The second-order valence-electron chi connectivity index (χ2n) is 4.10. The van der Waals surface area contributed by atoms with E-state index >= 15 is 0 Å². The van der Waals surface area contributed by atoms with E-state index in [0.29, 0.717) is 63.4 Å². The van der Waals surface area contributed by atoms with Gasteiger partial charge < -0.3 is 23.7 Å². The van der Waals surface area contributed by atoms with E-state index in [2.05, 4.69) is 0 Å². The van der Waals surface area contributed by atoms with Crippen LogP contribution in [0.3, 0.4) is 0 Å². The first kappa shape index (κ1) is 14.6. The van der Waals surface area contributed by atoms with Crippen LogP contribution in [0.25, 0.3) is 0 Å². The SMILES string of the molecule is O=COc1ccc2c(c1)OCCOCCCOCCO2. The largest absolute Gasteiger partial charge is 0.487 e. The van der Waals surface area contributed by atoms with Gasteiger partial charge in [-0.2, -0.15) is 0 Å². The van der Waals surface area contributed by atoms with Crippen LogP contribution in [0.15, 0.2) is 18.2 Å². The maximum absolute atomic E-state index is 10.4. The van der Waals surface area contributed by atoms with Crippen molar-refractivity contribution in [1.29, 1.82) is 0 Å². The molecule has 0 saturated carbocycles. The molecule has 1 aliphatic heterocycles. The quantitative estimate of drug-likeness (QED) is 0.764. The number of ether oxygens (including phenoxy) is 5. The highest BCUT2D eigenvalue weighted by molar-refractivity contribution is 5.51. The van der Waals surface area contributed by atoms with E-state index in [0.717, 1.165) is 6.42 Å². The lowest BCUT2D eigenvalue weighted by Crippen LogP contribution is -2.08. The lowest BCUT2D eigenvalue weighted by molar-refractivity contribution is -0.120. The molecule has 0 aliphatic carbocycles. The molecular formula is C14H18O6. The normalized spacial score (nSPS) is 17.2. The number of carbonyl (C=O) groups excluding carboxylic acids is 1. The first-order valence-electron chi connectivity index (χ1n) is 6.55. The van der Waals surface area contributed by atoms with Crippen molar-refractivity contribution in [3.8, 4) is 17.2 Å². The molecule has 2 rings (SSSR count). The van der Waals surface area contributed by atoms with Crippen molar-refractivity contribution in [3.63, 3.8) is 0 Å². The minimum atomic E-state index is 0.374. The standard InChI is InChI=1S/C14H18O6/c15-11-20-12-2-3-13-14(10-12)19-9-7-17-5-1-4-16-6-8-18-13/h2-3,10-11H,1,4-9H2. The Morgan fingerprint density at radius 3 is 2.30 bits per heavy atom.